The van der Waals surface area contributed by atoms with Gasteiger partial charge in [-0.15, -0.1) is 0 Å². The molecule has 2 aromatic heterocycles. The highest BCUT2D eigenvalue weighted by Crippen LogP contribution is 2.25. The number of amides is 1. The van der Waals surface area contributed by atoms with Crippen LogP contribution in [0, 0.1) is 6.92 Å². The Morgan fingerprint density at radius 1 is 1.12 bits per heavy atom. The van der Waals surface area contributed by atoms with E-state index in [1.807, 2.05) is 6.92 Å². The van der Waals surface area contributed by atoms with E-state index in [-0.39, 0.29) is 5.91 Å². The van der Waals surface area contributed by atoms with Gasteiger partial charge in [-0.3, -0.25) is 14.8 Å². The van der Waals surface area contributed by atoms with Gasteiger partial charge in [-0.25, -0.2) is 4.79 Å². The largest absolute Gasteiger partial charge is 0.465 e. The molecular weight excluding hydrogens is 386 g/mol. The van der Waals surface area contributed by atoms with E-state index in [0.29, 0.717) is 32.2 Å². The average molecular weight is 400 g/mol. The molecule has 3 aromatic rings. The first-order chi connectivity index (χ1) is 12.0. The Morgan fingerprint density at radius 3 is 2.64 bits per heavy atom. The lowest BCUT2D eigenvalue weighted by atomic mass is 10.1. The average Bonchev–Trinajstić information content (AvgIpc) is 2.60. The predicted molar refractivity (Wildman–Crippen MR) is 97.7 cm³/mol. The van der Waals surface area contributed by atoms with Gasteiger partial charge in [0, 0.05) is 27.9 Å². The van der Waals surface area contributed by atoms with Gasteiger partial charge in [0.1, 0.15) is 0 Å². The molecule has 25 heavy (non-hydrogen) atoms. The number of ether oxygens (including phenoxy) is 1. The lowest BCUT2D eigenvalue weighted by Crippen LogP contribution is -2.13. The van der Waals surface area contributed by atoms with Crippen molar-refractivity contribution in [3.05, 3.63) is 64.0 Å². The molecule has 2 heterocycles. The van der Waals surface area contributed by atoms with E-state index in [2.05, 4.69) is 31.2 Å². The molecule has 3 rings (SSSR count). The van der Waals surface area contributed by atoms with Crippen LogP contribution in [-0.2, 0) is 4.74 Å². The number of rotatable bonds is 3. The highest BCUT2D eigenvalue weighted by molar-refractivity contribution is 9.10. The first kappa shape index (κ1) is 17.0. The molecule has 0 aliphatic rings. The molecule has 0 aliphatic heterocycles. The van der Waals surface area contributed by atoms with Crippen molar-refractivity contribution in [2.75, 3.05) is 12.4 Å². The molecular formula is C18H14BrN3O3. The third kappa shape index (κ3) is 3.66. The highest BCUT2D eigenvalue weighted by Gasteiger charge is 2.13. The first-order valence-electron chi connectivity index (χ1n) is 7.39. The highest BCUT2D eigenvalue weighted by atomic mass is 79.9. The van der Waals surface area contributed by atoms with Crippen LogP contribution in [0.3, 0.4) is 0 Å². The zero-order valence-electron chi connectivity index (χ0n) is 13.5. The van der Waals surface area contributed by atoms with Crippen LogP contribution in [0.25, 0.3) is 10.9 Å². The lowest BCUT2D eigenvalue weighted by Gasteiger charge is -2.11. The number of aromatic nitrogens is 2. The fourth-order valence-electron chi connectivity index (χ4n) is 2.44. The van der Waals surface area contributed by atoms with Crippen molar-refractivity contribution in [1.29, 1.82) is 0 Å². The lowest BCUT2D eigenvalue weighted by molar-refractivity contribution is 0.0601. The third-order valence-electron chi connectivity index (χ3n) is 3.57. The molecule has 7 heteroatoms. The van der Waals surface area contributed by atoms with Crippen molar-refractivity contribution >= 4 is 44.4 Å². The van der Waals surface area contributed by atoms with Crippen molar-refractivity contribution in [2.24, 2.45) is 0 Å². The van der Waals surface area contributed by atoms with Crippen molar-refractivity contribution < 1.29 is 14.3 Å². The fraction of sp³-hybridized carbons (Fsp3) is 0.111. The van der Waals surface area contributed by atoms with Crippen molar-refractivity contribution in [1.82, 2.24) is 9.97 Å². The summed E-state index contributed by atoms with van der Waals surface area (Å²) in [6.45, 7) is 1.84. The maximum absolute atomic E-state index is 12.5. The van der Waals surface area contributed by atoms with Gasteiger partial charge in [-0.05, 0) is 53.2 Å². The maximum Gasteiger partial charge on any atom is 0.337 e. The molecule has 0 saturated heterocycles. The SMILES string of the molecule is COC(=O)c1ccc2nc(C)cc(NC(=O)c3cncc(Br)c3)c2c1. The van der Waals surface area contributed by atoms with E-state index >= 15 is 0 Å². The standard InChI is InChI=1S/C18H14BrN3O3/c1-10-5-16(22-17(23)12-6-13(19)9-20-8-12)14-7-11(18(24)25-2)3-4-15(14)21-10/h3-9H,1-2H3,(H,21,22,23). The monoisotopic (exact) mass is 399 g/mol. The van der Waals surface area contributed by atoms with Crippen LogP contribution in [0.4, 0.5) is 5.69 Å². The summed E-state index contributed by atoms with van der Waals surface area (Å²) in [7, 11) is 1.32. The first-order valence-corrected chi connectivity index (χ1v) is 8.19. The van der Waals surface area contributed by atoms with E-state index < -0.39 is 5.97 Å². The van der Waals surface area contributed by atoms with E-state index in [9.17, 15) is 9.59 Å². The molecule has 1 aromatic carbocycles. The number of esters is 1. The van der Waals surface area contributed by atoms with E-state index in [1.165, 1.54) is 13.3 Å². The molecule has 126 valence electrons. The summed E-state index contributed by atoms with van der Waals surface area (Å²) in [4.78, 5) is 32.7. The second-order valence-corrected chi connectivity index (χ2v) is 6.30. The number of carbonyl (C=O) groups excluding carboxylic acids is 2. The number of nitrogens with one attached hydrogen (secondary N) is 1. The Morgan fingerprint density at radius 2 is 1.92 bits per heavy atom. The van der Waals surface area contributed by atoms with Crippen LogP contribution in [0.5, 0.6) is 0 Å². The Bertz CT molecular complexity index is 988. The number of anilines is 1. The van der Waals surface area contributed by atoms with Crippen LogP contribution >= 0.6 is 15.9 Å². The molecule has 1 N–H and O–H groups in total. The van der Waals surface area contributed by atoms with Gasteiger partial charge in [0.05, 0.1) is 29.4 Å². The van der Waals surface area contributed by atoms with Gasteiger partial charge in [0.15, 0.2) is 0 Å². The Labute approximate surface area is 152 Å². The predicted octanol–water partition coefficient (Wildman–Crippen LogP) is 3.74. The number of methoxy groups -OCH3 is 1. The van der Waals surface area contributed by atoms with Gasteiger partial charge in [-0.1, -0.05) is 0 Å². The molecule has 6 nitrogen and oxygen atoms in total. The Balaban J connectivity index is 2.04. The minimum atomic E-state index is -0.448. The van der Waals surface area contributed by atoms with Gasteiger partial charge in [-0.2, -0.15) is 0 Å². The van der Waals surface area contributed by atoms with Crippen LogP contribution in [0.1, 0.15) is 26.4 Å². The number of carbonyl (C=O) groups is 2. The van der Waals surface area contributed by atoms with Crippen molar-refractivity contribution in [3.8, 4) is 0 Å². The van der Waals surface area contributed by atoms with Crippen LogP contribution in [0.15, 0.2) is 47.2 Å². The van der Waals surface area contributed by atoms with Crippen molar-refractivity contribution in [2.45, 2.75) is 6.92 Å². The summed E-state index contributed by atoms with van der Waals surface area (Å²) in [6.07, 6.45) is 3.08. The van der Waals surface area contributed by atoms with E-state index in [4.69, 9.17) is 4.74 Å². The second kappa shape index (κ2) is 6.98. The summed E-state index contributed by atoms with van der Waals surface area (Å²) in [5, 5.41) is 3.52. The smallest absolute Gasteiger partial charge is 0.337 e. The van der Waals surface area contributed by atoms with E-state index in [0.717, 1.165) is 5.69 Å². The molecule has 0 radical (unpaired) electrons. The molecule has 0 atom stereocenters. The number of nitrogens with zero attached hydrogens (tertiary/aromatic N) is 2. The van der Waals surface area contributed by atoms with Crippen molar-refractivity contribution in [3.63, 3.8) is 0 Å². The number of pyridine rings is 2. The summed E-state index contributed by atoms with van der Waals surface area (Å²) in [5.41, 5.74) is 2.80. The van der Waals surface area contributed by atoms with Crippen LogP contribution in [0.2, 0.25) is 0 Å². The Kier molecular flexibility index (Phi) is 4.76. The number of aryl methyl sites for hydroxylation is 1. The topological polar surface area (TPSA) is 81.2 Å². The molecule has 0 aliphatic carbocycles. The molecule has 0 unspecified atom stereocenters. The third-order valence-corrected chi connectivity index (χ3v) is 4.01. The van der Waals surface area contributed by atoms with E-state index in [1.54, 1.807) is 36.5 Å². The Hall–Kier alpha value is -2.80. The minimum Gasteiger partial charge on any atom is -0.465 e. The number of fused-ring (bicyclic) bond motifs is 1. The molecule has 1 amide bonds. The van der Waals surface area contributed by atoms with Crippen LogP contribution in [-0.4, -0.2) is 29.0 Å². The summed E-state index contributed by atoms with van der Waals surface area (Å²) >= 11 is 3.30. The van der Waals surface area contributed by atoms with Gasteiger partial charge < -0.3 is 10.1 Å². The number of hydrogen-bond donors (Lipinski definition) is 1. The molecule has 0 saturated carbocycles. The maximum atomic E-state index is 12.5. The van der Waals surface area contributed by atoms with Crippen LogP contribution < -0.4 is 5.32 Å². The molecule has 0 bridgehead atoms. The minimum absolute atomic E-state index is 0.302. The number of hydrogen-bond acceptors (Lipinski definition) is 5. The summed E-state index contributed by atoms with van der Waals surface area (Å²) in [5.74, 6) is -0.750. The molecule has 0 spiro atoms. The second-order valence-electron chi connectivity index (χ2n) is 5.38. The zero-order valence-corrected chi connectivity index (χ0v) is 15.1. The summed E-state index contributed by atoms with van der Waals surface area (Å²) < 4.78 is 5.46. The number of halogens is 1. The quantitative estimate of drug-likeness (QED) is 0.678. The van der Waals surface area contributed by atoms with Gasteiger partial charge >= 0.3 is 5.97 Å². The number of benzene rings is 1. The van der Waals surface area contributed by atoms with Gasteiger partial charge in [0.2, 0.25) is 0 Å². The fourth-order valence-corrected chi connectivity index (χ4v) is 2.80. The van der Waals surface area contributed by atoms with Gasteiger partial charge in [0.25, 0.3) is 5.91 Å². The molecule has 0 fully saturated rings. The zero-order chi connectivity index (χ0) is 18.0. The normalized spacial score (nSPS) is 10.5. The summed E-state index contributed by atoms with van der Waals surface area (Å²) in [6, 6.07) is 8.46.